The number of phenolic OH excluding ortho intramolecular Hbond substituents is 1. The van der Waals surface area contributed by atoms with Crippen LogP contribution in [0.25, 0.3) is 0 Å². The van der Waals surface area contributed by atoms with Gasteiger partial charge in [0.1, 0.15) is 72.2 Å². The monoisotopic (exact) mass is 1360 g/mol. The molecule has 1 aromatic heterocycles. The Morgan fingerprint density at radius 3 is 1.74 bits per heavy atom. The molecule has 1 fully saturated rings. The Balaban J connectivity index is 1.78. The number of nitrogens with one attached hydrogen (secondary N) is 12. The number of H-pyrrole nitrogens is 1. The first kappa shape index (κ1) is 80.2. The first-order valence-electron chi connectivity index (χ1n) is 31.1. The average molecular weight is 1360 g/mol. The van der Waals surface area contributed by atoms with Crippen molar-refractivity contribution in [3.63, 3.8) is 0 Å². The Hall–Kier alpha value is -10.0. The molecule has 0 bridgehead atoms. The van der Waals surface area contributed by atoms with E-state index < -0.39 is 193 Å². The Morgan fingerprint density at radius 2 is 1.19 bits per heavy atom. The molecule has 37 heteroatoms. The van der Waals surface area contributed by atoms with Crippen LogP contribution in [0.15, 0.2) is 41.8 Å². The lowest BCUT2D eigenvalue weighted by Gasteiger charge is -2.32. The number of carbonyl (C=O) groups excluding carboxylic acids is 13. The summed E-state index contributed by atoms with van der Waals surface area (Å²) in [5.41, 5.74) is 22.4. The largest absolute Gasteiger partial charge is 0.508 e. The molecule has 2 aromatic rings. The van der Waals surface area contributed by atoms with Crippen LogP contribution in [0.5, 0.6) is 5.75 Å². The van der Waals surface area contributed by atoms with Gasteiger partial charge in [0.15, 0.2) is 5.96 Å². The number of aliphatic imine (C=N–C) groups is 1. The summed E-state index contributed by atoms with van der Waals surface area (Å²) in [6.45, 7) is 8.25. The molecular weight excluding hydrogens is 1260 g/mol. The van der Waals surface area contributed by atoms with Crippen LogP contribution in [0.1, 0.15) is 105 Å². The summed E-state index contributed by atoms with van der Waals surface area (Å²) in [5.74, 6) is -14.8. The zero-order chi connectivity index (χ0) is 72.1. The molecular formula is C59H93N19O18. The number of likely N-dealkylation sites (tertiary alicyclic amines) is 1. The molecule has 14 atom stereocenters. The molecule has 0 spiro atoms. The van der Waals surface area contributed by atoms with Gasteiger partial charge in [0.05, 0.1) is 38.5 Å². The van der Waals surface area contributed by atoms with E-state index in [9.17, 15) is 87.5 Å². The van der Waals surface area contributed by atoms with E-state index in [1.165, 1.54) is 62.5 Å². The maximum atomic E-state index is 14.4. The van der Waals surface area contributed by atoms with Gasteiger partial charge in [0, 0.05) is 37.8 Å². The summed E-state index contributed by atoms with van der Waals surface area (Å²) < 4.78 is 0. The Morgan fingerprint density at radius 1 is 0.646 bits per heavy atom. The highest BCUT2D eigenvalue weighted by atomic mass is 16.4. The summed E-state index contributed by atoms with van der Waals surface area (Å²) in [6.07, 6.45) is 1.26. The highest BCUT2D eigenvalue weighted by Crippen LogP contribution is 2.22. The number of aliphatic hydroxyl groups is 2. The maximum absolute atomic E-state index is 14.4. The molecule has 3 rings (SSSR count). The molecule has 2 heterocycles. The number of carboxylic acid groups (broad SMARTS) is 1. The fraction of sp³-hybridized carbons (Fsp3) is 0.593. The van der Waals surface area contributed by atoms with Crippen LogP contribution < -0.4 is 81.4 Å². The van der Waals surface area contributed by atoms with E-state index in [2.05, 4.69) is 73.4 Å². The fourth-order valence-corrected chi connectivity index (χ4v) is 9.54. The molecule has 0 unspecified atom stereocenters. The number of aromatic amines is 1. The van der Waals surface area contributed by atoms with Gasteiger partial charge in [-0.3, -0.25) is 67.3 Å². The number of aliphatic carboxylic acids is 1. The number of phenols is 1. The zero-order valence-corrected chi connectivity index (χ0v) is 54.6. The number of amides is 13. The van der Waals surface area contributed by atoms with Gasteiger partial charge in [-0.05, 0) is 76.0 Å². The highest BCUT2D eigenvalue weighted by Gasteiger charge is 2.41. The van der Waals surface area contributed by atoms with Gasteiger partial charge in [-0.2, -0.15) is 0 Å². The zero-order valence-electron chi connectivity index (χ0n) is 54.6. The number of rotatable bonds is 40. The summed E-state index contributed by atoms with van der Waals surface area (Å²) in [5, 5.41) is 66.3. The van der Waals surface area contributed by atoms with E-state index >= 15 is 0 Å². The third-order valence-corrected chi connectivity index (χ3v) is 15.7. The van der Waals surface area contributed by atoms with Gasteiger partial charge in [-0.15, -0.1) is 0 Å². The van der Waals surface area contributed by atoms with Crippen molar-refractivity contribution in [2.75, 3.05) is 32.8 Å². The smallest absolute Gasteiger partial charge is 0.326 e. The van der Waals surface area contributed by atoms with Crippen LogP contribution in [0.2, 0.25) is 0 Å². The SMILES string of the molecule is CC[C@H](C)[C@H](NC(=O)[C@H](Cc1ccc(O)cc1)NC(=O)[C@H](Cc1cnc[nH]1)NC(=O)[C@H](CO)NC(=O)CNC(=O)[C@H](CCCN=C(N)N)NC(=O)[C@H](C)NC(=O)[C@@H]1CCCN1C(=O)[C@@H](NC(=O)CNC(=O)[C@@H](N)[C@@H](C)O)[C@@H](C)CC)C(=O)N[C@@H](C)C(=O)N[C@@H](CC(N)=O)C(=O)O. The number of nitrogens with zero attached hydrogens (tertiary/aromatic N) is 3. The maximum Gasteiger partial charge on any atom is 0.326 e. The molecule has 96 heavy (non-hydrogen) atoms. The minimum atomic E-state index is -1.80. The topological polar surface area (TPSA) is 601 Å². The summed E-state index contributed by atoms with van der Waals surface area (Å²) >= 11 is 0. The van der Waals surface area contributed by atoms with Gasteiger partial charge >= 0.3 is 5.97 Å². The standard InChI is InChI=1S/C59H93N19O18/c1-8-28(3)46(56(93)70-31(6)49(86)75-39(58(95)96)22-42(60)82)77-52(89)37(20-33-14-16-35(81)17-15-33)73-51(88)38(21-34-23-64-27-68-34)74-53(90)40(26-79)71-43(83)24-66-50(87)36(12-10-18-65-59(62)63)72-48(85)30(5)69-54(91)41-13-11-19-78(41)57(94)47(29(4)9-2)76-44(84)25-67-55(92)45(61)32(7)80/h14-17,23,27-32,36-41,45-47,79-81H,8-13,18-22,24-26,61H2,1-7H3,(H2,60,82)(H,64,68)(H,66,87)(H,67,92)(H,69,91)(H,70,93)(H,71,83)(H,72,85)(H,73,88)(H,74,90)(H,75,86)(H,76,84)(H,77,89)(H,95,96)(H4,62,63,65)/t28-,29-,30-,31-,32+,36-,37-,38-,39-,40-,41-,45-,46-,47-/m0/s1. The molecule has 1 aromatic carbocycles. The number of hydrogen-bond donors (Lipinski definition) is 20. The van der Waals surface area contributed by atoms with Crippen LogP contribution >= 0.6 is 0 Å². The van der Waals surface area contributed by atoms with E-state index in [1.54, 1.807) is 27.7 Å². The van der Waals surface area contributed by atoms with Gasteiger partial charge in [-0.25, -0.2) is 9.78 Å². The van der Waals surface area contributed by atoms with Crippen molar-refractivity contribution in [1.82, 2.24) is 73.4 Å². The molecule has 1 aliphatic rings. The lowest BCUT2D eigenvalue weighted by atomic mass is 9.96. The number of nitrogens with two attached hydrogens (primary N) is 4. The first-order chi connectivity index (χ1) is 45.2. The second-order valence-electron chi connectivity index (χ2n) is 23.3. The predicted molar refractivity (Wildman–Crippen MR) is 341 cm³/mol. The lowest BCUT2D eigenvalue weighted by Crippen LogP contribution is -2.61. The number of aromatic hydroxyl groups is 1. The van der Waals surface area contributed by atoms with E-state index in [1.807, 2.05) is 0 Å². The van der Waals surface area contributed by atoms with Crippen molar-refractivity contribution >= 4 is 88.7 Å². The molecule has 1 aliphatic heterocycles. The predicted octanol–water partition coefficient (Wildman–Crippen LogP) is -7.67. The molecule has 532 valence electrons. The minimum Gasteiger partial charge on any atom is -0.508 e. The number of aliphatic hydroxyl groups excluding tert-OH is 2. The second-order valence-corrected chi connectivity index (χ2v) is 23.3. The van der Waals surface area contributed by atoms with Crippen molar-refractivity contribution in [2.24, 2.45) is 39.8 Å². The minimum absolute atomic E-state index is 0.00799. The number of primary amides is 1. The quantitative estimate of drug-likeness (QED) is 0.0167. The van der Waals surface area contributed by atoms with Crippen LogP contribution in [0, 0.1) is 11.8 Å². The van der Waals surface area contributed by atoms with Crippen molar-refractivity contribution in [1.29, 1.82) is 0 Å². The van der Waals surface area contributed by atoms with Gasteiger partial charge in [-0.1, -0.05) is 52.7 Å². The third-order valence-electron chi connectivity index (χ3n) is 15.7. The number of aromatic nitrogens is 2. The van der Waals surface area contributed by atoms with Gasteiger partial charge in [0.25, 0.3) is 0 Å². The number of benzene rings is 1. The molecule has 24 N–H and O–H groups in total. The third kappa shape index (κ3) is 26.4. The van der Waals surface area contributed by atoms with Crippen molar-refractivity contribution < 1.29 is 87.5 Å². The van der Waals surface area contributed by atoms with Crippen molar-refractivity contribution in [3.05, 3.63) is 48.0 Å². The number of imidazole rings is 1. The highest BCUT2D eigenvalue weighted by molar-refractivity contribution is 5.99. The van der Waals surface area contributed by atoms with Crippen LogP contribution in [-0.2, 0) is 80.0 Å². The molecule has 0 saturated carbocycles. The average Bonchev–Trinajstić information content (AvgIpc) is 1.56. The number of carbonyl (C=O) groups is 14. The van der Waals surface area contributed by atoms with Crippen LogP contribution in [0.4, 0.5) is 0 Å². The van der Waals surface area contributed by atoms with Gasteiger partial charge < -0.3 is 112 Å². The number of guanidine groups is 1. The molecule has 13 amide bonds. The van der Waals surface area contributed by atoms with E-state index in [4.69, 9.17) is 22.9 Å². The summed E-state index contributed by atoms with van der Waals surface area (Å²) in [4.78, 5) is 199. The molecule has 0 aliphatic carbocycles. The van der Waals surface area contributed by atoms with Crippen molar-refractivity contribution in [3.8, 4) is 5.75 Å². The Kier molecular flexibility index (Phi) is 33.1. The lowest BCUT2D eigenvalue weighted by molar-refractivity contribution is -0.143. The first-order valence-corrected chi connectivity index (χ1v) is 31.1. The summed E-state index contributed by atoms with van der Waals surface area (Å²) in [7, 11) is 0. The number of hydrogen-bond acceptors (Lipinski definition) is 20. The molecule has 37 nitrogen and oxygen atoms in total. The van der Waals surface area contributed by atoms with E-state index in [-0.39, 0.29) is 69.0 Å². The molecule has 1 saturated heterocycles. The van der Waals surface area contributed by atoms with Gasteiger partial charge in [0.2, 0.25) is 76.8 Å². The van der Waals surface area contributed by atoms with Crippen LogP contribution in [-0.4, -0.2) is 229 Å². The van der Waals surface area contributed by atoms with Crippen molar-refractivity contribution in [2.45, 2.75) is 179 Å². The van der Waals surface area contributed by atoms with E-state index in [0.29, 0.717) is 18.4 Å². The Bertz CT molecular complexity index is 3060. The normalized spacial score (nSPS) is 16.7. The second kappa shape index (κ2) is 39.6. The Labute approximate surface area is 553 Å². The fourth-order valence-electron chi connectivity index (χ4n) is 9.54. The molecule has 0 radical (unpaired) electrons. The summed E-state index contributed by atoms with van der Waals surface area (Å²) in [6, 6.07) is -10.2. The van der Waals surface area contributed by atoms with Crippen LogP contribution in [0.3, 0.4) is 0 Å². The van der Waals surface area contributed by atoms with E-state index in [0.717, 1.165) is 0 Å². The number of carboxylic acids is 1.